The lowest BCUT2D eigenvalue weighted by atomic mass is 10.1. The van der Waals surface area contributed by atoms with Crippen molar-refractivity contribution in [3.05, 3.63) is 29.6 Å². The van der Waals surface area contributed by atoms with E-state index in [0.29, 0.717) is 12.1 Å². The second kappa shape index (κ2) is 4.30. The molecule has 1 N–H and O–H groups in total. The molecule has 1 aliphatic heterocycles. The fraction of sp³-hybridized carbons (Fsp3) is 0.571. The van der Waals surface area contributed by atoms with E-state index < -0.39 is 0 Å². The van der Waals surface area contributed by atoms with E-state index in [1.807, 2.05) is 19.1 Å². The molecular formula is C14H19FN2. The van der Waals surface area contributed by atoms with Crippen LogP contribution in [0.25, 0.3) is 0 Å². The lowest BCUT2D eigenvalue weighted by molar-refractivity contribution is 0.400. The molecule has 1 heterocycles. The molecule has 2 atom stereocenters. The third-order valence-corrected chi connectivity index (χ3v) is 4.05. The van der Waals surface area contributed by atoms with Crippen molar-refractivity contribution in [2.45, 2.75) is 38.3 Å². The van der Waals surface area contributed by atoms with Crippen molar-refractivity contribution in [3.8, 4) is 0 Å². The summed E-state index contributed by atoms with van der Waals surface area (Å²) in [5.41, 5.74) is 1.78. The van der Waals surface area contributed by atoms with E-state index in [1.165, 1.54) is 19.3 Å². The van der Waals surface area contributed by atoms with Gasteiger partial charge in [-0.15, -0.1) is 0 Å². The summed E-state index contributed by atoms with van der Waals surface area (Å²) < 4.78 is 14.0. The normalized spacial score (nSPS) is 28.2. The standard InChI is InChI=1S/C14H19FN2/c1-10-5-6-13(11(15)9-10)17-8-7-16-12-3-2-4-14(12)17/h5-6,9,12,14,16H,2-4,7-8H2,1H3/t12-,14+/m0/s1. The zero-order valence-corrected chi connectivity index (χ0v) is 10.2. The van der Waals surface area contributed by atoms with Crippen LogP contribution in [0.1, 0.15) is 24.8 Å². The summed E-state index contributed by atoms with van der Waals surface area (Å²) in [6.07, 6.45) is 3.67. The van der Waals surface area contributed by atoms with Crippen LogP contribution in [0.3, 0.4) is 0 Å². The van der Waals surface area contributed by atoms with Crippen LogP contribution in [0.5, 0.6) is 0 Å². The van der Waals surface area contributed by atoms with Gasteiger partial charge in [0.1, 0.15) is 5.82 Å². The molecular weight excluding hydrogens is 215 g/mol. The zero-order chi connectivity index (χ0) is 11.8. The number of rotatable bonds is 1. The van der Waals surface area contributed by atoms with Crippen LogP contribution in [-0.4, -0.2) is 25.2 Å². The van der Waals surface area contributed by atoms with Crippen LogP contribution in [-0.2, 0) is 0 Å². The summed E-state index contributed by atoms with van der Waals surface area (Å²) in [6, 6.07) is 6.63. The lowest BCUT2D eigenvalue weighted by Gasteiger charge is -2.40. The number of halogens is 1. The van der Waals surface area contributed by atoms with Crippen LogP contribution in [0, 0.1) is 12.7 Å². The van der Waals surface area contributed by atoms with Gasteiger partial charge in [-0.05, 0) is 43.9 Å². The van der Waals surface area contributed by atoms with E-state index in [2.05, 4.69) is 10.2 Å². The second-order valence-electron chi connectivity index (χ2n) is 5.21. The maximum absolute atomic E-state index is 14.0. The van der Waals surface area contributed by atoms with E-state index in [4.69, 9.17) is 0 Å². The van der Waals surface area contributed by atoms with Crippen LogP contribution < -0.4 is 10.2 Å². The summed E-state index contributed by atoms with van der Waals surface area (Å²) in [4.78, 5) is 2.27. The van der Waals surface area contributed by atoms with Crippen molar-refractivity contribution in [2.24, 2.45) is 0 Å². The second-order valence-corrected chi connectivity index (χ2v) is 5.21. The monoisotopic (exact) mass is 234 g/mol. The maximum Gasteiger partial charge on any atom is 0.146 e. The third kappa shape index (κ3) is 1.93. The molecule has 3 heteroatoms. The van der Waals surface area contributed by atoms with Gasteiger partial charge < -0.3 is 10.2 Å². The molecule has 2 nitrogen and oxygen atoms in total. The van der Waals surface area contributed by atoms with Gasteiger partial charge in [-0.3, -0.25) is 0 Å². The van der Waals surface area contributed by atoms with E-state index in [0.717, 1.165) is 24.3 Å². The average molecular weight is 234 g/mol. The van der Waals surface area contributed by atoms with Crippen LogP contribution in [0.4, 0.5) is 10.1 Å². The molecule has 1 aliphatic carbocycles. The van der Waals surface area contributed by atoms with Crippen molar-refractivity contribution in [3.63, 3.8) is 0 Å². The quantitative estimate of drug-likeness (QED) is 0.803. The SMILES string of the molecule is Cc1ccc(N2CCN[C@H]3CCC[C@H]32)c(F)c1. The van der Waals surface area contributed by atoms with Crippen molar-refractivity contribution in [1.82, 2.24) is 5.32 Å². The number of aryl methyl sites for hydroxylation is 1. The number of nitrogens with one attached hydrogen (secondary N) is 1. The first-order valence-electron chi connectivity index (χ1n) is 6.52. The number of hydrogen-bond donors (Lipinski definition) is 1. The first kappa shape index (κ1) is 11.0. The van der Waals surface area contributed by atoms with Crippen molar-refractivity contribution >= 4 is 5.69 Å². The first-order chi connectivity index (χ1) is 8.25. The first-order valence-corrected chi connectivity index (χ1v) is 6.52. The van der Waals surface area contributed by atoms with Crippen LogP contribution in [0.2, 0.25) is 0 Å². The molecule has 2 aliphatic rings. The van der Waals surface area contributed by atoms with Crippen molar-refractivity contribution in [2.75, 3.05) is 18.0 Å². The highest BCUT2D eigenvalue weighted by Gasteiger charge is 2.35. The van der Waals surface area contributed by atoms with E-state index in [9.17, 15) is 4.39 Å². The summed E-state index contributed by atoms with van der Waals surface area (Å²) in [5, 5.41) is 3.55. The molecule has 92 valence electrons. The number of fused-ring (bicyclic) bond motifs is 1. The molecule has 0 unspecified atom stereocenters. The smallest absolute Gasteiger partial charge is 0.146 e. The Morgan fingerprint density at radius 2 is 2.24 bits per heavy atom. The average Bonchev–Trinajstić information content (AvgIpc) is 2.77. The number of nitrogens with zero attached hydrogens (tertiary/aromatic N) is 1. The molecule has 17 heavy (non-hydrogen) atoms. The third-order valence-electron chi connectivity index (χ3n) is 4.05. The highest BCUT2D eigenvalue weighted by Crippen LogP contribution is 2.32. The maximum atomic E-state index is 14.0. The number of anilines is 1. The van der Waals surface area contributed by atoms with Gasteiger partial charge in [0.15, 0.2) is 0 Å². The summed E-state index contributed by atoms with van der Waals surface area (Å²) in [7, 11) is 0. The Morgan fingerprint density at radius 1 is 1.35 bits per heavy atom. The van der Waals surface area contributed by atoms with Gasteiger partial charge in [0.2, 0.25) is 0 Å². The number of piperazine rings is 1. The predicted molar refractivity (Wildman–Crippen MR) is 67.9 cm³/mol. The van der Waals surface area contributed by atoms with Gasteiger partial charge in [0, 0.05) is 25.2 Å². The Kier molecular flexibility index (Phi) is 2.79. The summed E-state index contributed by atoms with van der Waals surface area (Å²) >= 11 is 0. The topological polar surface area (TPSA) is 15.3 Å². The van der Waals surface area contributed by atoms with Gasteiger partial charge in [-0.25, -0.2) is 4.39 Å². The Morgan fingerprint density at radius 3 is 3.06 bits per heavy atom. The Hall–Kier alpha value is -1.09. The van der Waals surface area contributed by atoms with Gasteiger partial charge in [0.25, 0.3) is 0 Å². The van der Waals surface area contributed by atoms with Crippen LogP contribution >= 0.6 is 0 Å². The van der Waals surface area contributed by atoms with Gasteiger partial charge in [-0.1, -0.05) is 6.07 Å². The highest BCUT2D eigenvalue weighted by molar-refractivity contribution is 5.51. The Balaban J connectivity index is 1.91. The molecule has 1 saturated carbocycles. The number of benzene rings is 1. The van der Waals surface area contributed by atoms with E-state index >= 15 is 0 Å². The molecule has 1 saturated heterocycles. The Bertz CT molecular complexity index is 419. The van der Waals surface area contributed by atoms with E-state index in [1.54, 1.807) is 6.07 Å². The molecule has 0 spiro atoms. The lowest BCUT2D eigenvalue weighted by Crippen LogP contribution is -2.55. The minimum atomic E-state index is -0.0717. The molecule has 2 fully saturated rings. The molecule has 0 bridgehead atoms. The molecule has 0 aromatic heterocycles. The number of hydrogen-bond acceptors (Lipinski definition) is 2. The molecule has 0 radical (unpaired) electrons. The fourth-order valence-corrected chi connectivity index (χ4v) is 3.23. The minimum Gasteiger partial charge on any atom is -0.363 e. The zero-order valence-electron chi connectivity index (χ0n) is 10.2. The molecule has 0 amide bonds. The molecule has 1 aromatic rings. The van der Waals surface area contributed by atoms with Gasteiger partial charge >= 0.3 is 0 Å². The molecule has 1 aromatic carbocycles. The predicted octanol–water partition coefficient (Wildman–Crippen LogP) is 2.46. The van der Waals surface area contributed by atoms with Crippen LogP contribution in [0.15, 0.2) is 18.2 Å². The van der Waals surface area contributed by atoms with Gasteiger partial charge in [-0.2, -0.15) is 0 Å². The summed E-state index contributed by atoms with van der Waals surface area (Å²) in [5.74, 6) is -0.0717. The minimum absolute atomic E-state index is 0.0717. The highest BCUT2D eigenvalue weighted by atomic mass is 19.1. The van der Waals surface area contributed by atoms with Crippen molar-refractivity contribution < 1.29 is 4.39 Å². The van der Waals surface area contributed by atoms with Crippen molar-refractivity contribution in [1.29, 1.82) is 0 Å². The Labute approximate surface area is 102 Å². The van der Waals surface area contributed by atoms with E-state index in [-0.39, 0.29) is 5.82 Å². The fourth-order valence-electron chi connectivity index (χ4n) is 3.23. The molecule has 3 rings (SSSR count). The summed E-state index contributed by atoms with van der Waals surface area (Å²) in [6.45, 7) is 3.82. The largest absolute Gasteiger partial charge is 0.363 e. The van der Waals surface area contributed by atoms with Gasteiger partial charge in [0.05, 0.1) is 5.69 Å².